The molecule has 0 fully saturated rings. The number of alkyl halides is 1. The zero-order valence-electron chi connectivity index (χ0n) is 14.0. The van der Waals surface area contributed by atoms with E-state index >= 15 is 0 Å². The lowest BCUT2D eigenvalue weighted by Crippen LogP contribution is -2.30. The number of halogens is 1. The molecule has 0 saturated heterocycles. The molecule has 3 heteroatoms. The SMILES string of the molecule is CC(C)c1ccccc1OCCN(CCCl)Cc1ccccc1. The van der Waals surface area contributed by atoms with Crippen molar-refractivity contribution in [3.8, 4) is 5.75 Å². The van der Waals surface area contributed by atoms with Crippen LogP contribution in [-0.4, -0.2) is 30.5 Å². The van der Waals surface area contributed by atoms with Gasteiger partial charge in [0, 0.05) is 25.5 Å². The molecular formula is C20H26ClNO. The highest BCUT2D eigenvalue weighted by Crippen LogP contribution is 2.25. The summed E-state index contributed by atoms with van der Waals surface area (Å²) in [6.45, 7) is 7.70. The van der Waals surface area contributed by atoms with Gasteiger partial charge in [0.2, 0.25) is 0 Å². The summed E-state index contributed by atoms with van der Waals surface area (Å²) in [4.78, 5) is 2.33. The Morgan fingerprint density at radius 3 is 2.35 bits per heavy atom. The van der Waals surface area contributed by atoms with Crippen molar-refractivity contribution in [2.45, 2.75) is 26.3 Å². The first-order chi connectivity index (χ1) is 11.2. The van der Waals surface area contributed by atoms with Gasteiger partial charge in [-0.3, -0.25) is 4.90 Å². The van der Waals surface area contributed by atoms with Gasteiger partial charge in [-0.25, -0.2) is 0 Å². The largest absolute Gasteiger partial charge is 0.492 e. The lowest BCUT2D eigenvalue weighted by atomic mass is 10.0. The van der Waals surface area contributed by atoms with Crippen molar-refractivity contribution < 1.29 is 4.74 Å². The maximum Gasteiger partial charge on any atom is 0.122 e. The molecule has 0 radical (unpaired) electrons. The molecule has 0 heterocycles. The molecule has 0 aliphatic heterocycles. The third kappa shape index (κ3) is 5.89. The average molecular weight is 332 g/mol. The summed E-state index contributed by atoms with van der Waals surface area (Å²) in [6.07, 6.45) is 0. The van der Waals surface area contributed by atoms with Gasteiger partial charge in [0.1, 0.15) is 12.4 Å². The highest BCUT2D eigenvalue weighted by Gasteiger charge is 2.09. The van der Waals surface area contributed by atoms with Crippen LogP contribution in [0.4, 0.5) is 0 Å². The normalized spacial score (nSPS) is 11.2. The van der Waals surface area contributed by atoms with Gasteiger partial charge in [-0.2, -0.15) is 0 Å². The van der Waals surface area contributed by atoms with Gasteiger partial charge in [0.25, 0.3) is 0 Å². The molecule has 0 atom stereocenters. The molecule has 0 N–H and O–H groups in total. The van der Waals surface area contributed by atoms with Gasteiger partial charge >= 0.3 is 0 Å². The Hall–Kier alpha value is -1.51. The molecule has 0 spiro atoms. The number of nitrogens with zero attached hydrogens (tertiary/aromatic N) is 1. The number of benzene rings is 2. The smallest absolute Gasteiger partial charge is 0.122 e. The fourth-order valence-corrected chi connectivity index (χ4v) is 2.84. The van der Waals surface area contributed by atoms with Crippen molar-refractivity contribution in [3.63, 3.8) is 0 Å². The van der Waals surface area contributed by atoms with Crippen LogP contribution in [0.25, 0.3) is 0 Å². The molecule has 2 aromatic carbocycles. The Labute approximate surface area is 145 Å². The number of para-hydroxylation sites is 1. The van der Waals surface area contributed by atoms with Crippen molar-refractivity contribution in [2.24, 2.45) is 0 Å². The number of rotatable bonds is 9. The zero-order chi connectivity index (χ0) is 16.5. The zero-order valence-corrected chi connectivity index (χ0v) is 14.8. The van der Waals surface area contributed by atoms with Gasteiger partial charge < -0.3 is 4.74 Å². The van der Waals surface area contributed by atoms with E-state index < -0.39 is 0 Å². The van der Waals surface area contributed by atoms with Gasteiger partial charge in [-0.1, -0.05) is 62.4 Å². The molecule has 0 aliphatic rings. The molecule has 2 rings (SSSR count). The Bertz CT molecular complexity index is 571. The first-order valence-electron chi connectivity index (χ1n) is 8.24. The number of hydrogen-bond acceptors (Lipinski definition) is 2. The minimum atomic E-state index is 0.467. The lowest BCUT2D eigenvalue weighted by molar-refractivity contribution is 0.209. The van der Waals surface area contributed by atoms with E-state index in [1.165, 1.54) is 11.1 Å². The fraction of sp³-hybridized carbons (Fsp3) is 0.400. The van der Waals surface area contributed by atoms with E-state index in [2.05, 4.69) is 61.2 Å². The van der Waals surface area contributed by atoms with E-state index in [4.69, 9.17) is 16.3 Å². The summed E-state index contributed by atoms with van der Waals surface area (Å²) < 4.78 is 6.03. The number of ether oxygens (including phenoxy) is 1. The molecule has 0 aromatic heterocycles. The summed E-state index contributed by atoms with van der Waals surface area (Å²) in [5.74, 6) is 2.09. The second-order valence-electron chi connectivity index (χ2n) is 5.99. The van der Waals surface area contributed by atoms with Crippen LogP contribution in [0, 0.1) is 0 Å². The van der Waals surface area contributed by atoms with Gasteiger partial charge in [-0.15, -0.1) is 11.6 Å². The van der Waals surface area contributed by atoms with E-state index in [1.54, 1.807) is 0 Å². The second kappa shape index (κ2) is 9.59. The Balaban J connectivity index is 1.89. The number of hydrogen-bond donors (Lipinski definition) is 0. The van der Waals surface area contributed by atoms with E-state index in [1.807, 2.05) is 12.1 Å². The standard InChI is InChI=1S/C20H26ClNO/c1-17(2)19-10-6-7-11-20(19)23-15-14-22(13-12-21)16-18-8-4-3-5-9-18/h3-11,17H,12-16H2,1-2H3. The van der Waals surface area contributed by atoms with Crippen molar-refractivity contribution in [1.29, 1.82) is 0 Å². The molecule has 0 aliphatic carbocycles. The fourth-order valence-electron chi connectivity index (χ4n) is 2.60. The predicted molar refractivity (Wildman–Crippen MR) is 98.5 cm³/mol. The van der Waals surface area contributed by atoms with E-state index in [0.29, 0.717) is 18.4 Å². The van der Waals surface area contributed by atoms with Gasteiger partial charge in [0.05, 0.1) is 0 Å². The Kier molecular flexibility index (Phi) is 7.44. The summed E-state index contributed by atoms with van der Waals surface area (Å²) in [6, 6.07) is 18.8. The van der Waals surface area contributed by atoms with Crippen molar-refractivity contribution in [2.75, 3.05) is 25.6 Å². The molecule has 0 saturated carbocycles. The van der Waals surface area contributed by atoms with Crippen LogP contribution < -0.4 is 4.74 Å². The Morgan fingerprint density at radius 2 is 1.65 bits per heavy atom. The van der Waals surface area contributed by atoms with Crippen LogP contribution in [0.3, 0.4) is 0 Å². The third-order valence-electron chi connectivity index (χ3n) is 3.86. The quantitative estimate of drug-likeness (QED) is 0.604. The van der Waals surface area contributed by atoms with Gasteiger partial charge in [-0.05, 0) is 23.1 Å². The highest BCUT2D eigenvalue weighted by molar-refractivity contribution is 6.18. The average Bonchev–Trinajstić information content (AvgIpc) is 2.56. The van der Waals surface area contributed by atoms with Crippen LogP contribution >= 0.6 is 11.6 Å². The van der Waals surface area contributed by atoms with Crippen molar-refractivity contribution in [3.05, 3.63) is 65.7 Å². The summed E-state index contributed by atoms with van der Waals surface area (Å²) in [5, 5.41) is 0. The molecule has 2 aromatic rings. The molecule has 0 bridgehead atoms. The maximum atomic E-state index is 6.03. The van der Waals surface area contributed by atoms with E-state index in [9.17, 15) is 0 Å². The summed E-state index contributed by atoms with van der Waals surface area (Å²) in [5.41, 5.74) is 2.57. The van der Waals surface area contributed by atoms with Crippen LogP contribution in [0.1, 0.15) is 30.9 Å². The first kappa shape index (κ1) is 17.8. The van der Waals surface area contributed by atoms with Crippen LogP contribution in [-0.2, 0) is 6.54 Å². The topological polar surface area (TPSA) is 12.5 Å². The molecule has 23 heavy (non-hydrogen) atoms. The first-order valence-corrected chi connectivity index (χ1v) is 8.78. The van der Waals surface area contributed by atoms with Crippen LogP contribution in [0.15, 0.2) is 54.6 Å². The van der Waals surface area contributed by atoms with Crippen LogP contribution in [0.5, 0.6) is 5.75 Å². The molecule has 2 nitrogen and oxygen atoms in total. The maximum absolute atomic E-state index is 6.03. The van der Waals surface area contributed by atoms with Gasteiger partial charge in [0.15, 0.2) is 0 Å². The third-order valence-corrected chi connectivity index (χ3v) is 4.02. The summed E-state index contributed by atoms with van der Waals surface area (Å²) in [7, 11) is 0. The summed E-state index contributed by atoms with van der Waals surface area (Å²) >= 11 is 5.94. The predicted octanol–water partition coefficient (Wildman–Crippen LogP) is 4.93. The molecule has 0 amide bonds. The minimum Gasteiger partial charge on any atom is -0.492 e. The molecule has 124 valence electrons. The van der Waals surface area contributed by atoms with E-state index in [0.717, 1.165) is 25.4 Å². The van der Waals surface area contributed by atoms with Crippen molar-refractivity contribution in [1.82, 2.24) is 4.90 Å². The Morgan fingerprint density at radius 1 is 0.957 bits per heavy atom. The minimum absolute atomic E-state index is 0.467. The highest BCUT2D eigenvalue weighted by atomic mass is 35.5. The lowest BCUT2D eigenvalue weighted by Gasteiger charge is -2.22. The van der Waals surface area contributed by atoms with E-state index in [-0.39, 0.29) is 0 Å². The second-order valence-corrected chi connectivity index (χ2v) is 6.37. The monoisotopic (exact) mass is 331 g/mol. The molecular weight excluding hydrogens is 306 g/mol. The molecule has 0 unspecified atom stereocenters. The van der Waals surface area contributed by atoms with Crippen molar-refractivity contribution >= 4 is 11.6 Å². The van der Waals surface area contributed by atoms with Crippen LogP contribution in [0.2, 0.25) is 0 Å².